The second-order valence-corrected chi connectivity index (χ2v) is 5.33. The van der Waals surface area contributed by atoms with E-state index in [1.165, 1.54) is 12.8 Å². The van der Waals surface area contributed by atoms with Crippen molar-refractivity contribution in [2.45, 2.75) is 58.5 Å². The first-order valence-electron chi connectivity index (χ1n) is 6.48. The molecule has 17 heavy (non-hydrogen) atoms. The summed E-state index contributed by atoms with van der Waals surface area (Å²) >= 11 is 3.58. The van der Waals surface area contributed by atoms with Crippen LogP contribution in [-0.2, 0) is 19.9 Å². The van der Waals surface area contributed by atoms with E-state index in [1.807, 2.05) is 11.7 Å². The number of aliphatic hydroxyl groups is 1. The van der Waals surface area contributed by atoms with Gasteiger partial charge >= 0.3 is 0 Å². The van der Waals surface area contributed by atoms with Crippen molar-refractivity contribution in [2.75, 3.05) is 0 Å². The molecule has 0 aromatic carbocycles. The molecule has 0 aliphatic heterocycles. The van der Waals surface area contributed by atoms with E-state index >= 15 is 0 Å². The van der Waals surface area contributed by atoms with Gasteiger partial charge in [-0.15, -0.1) is 0 Å². The molecule has 0 bridgehead atoms. The van der Waals surface area contributed by atoms with Crippen molar-refractivity contribution < 1.29 is 5.11 Å². The maximum Gasteiger partial charge on any atom is 0.0766 e. The van der Waals surface area contributed by atoms with E-state index in [2.05, 4.69) is 34.9 Å². The van der Waals surface area contributed by atoms with E-state index in [9.17, 15) is 5.11 Å². The molecule has 0 aliphatic carbocycles. The number of hydrogen-bond acceptors (Lipinski definition) is 2. The molecule has 1 atom stereocenters. The van der Waals surface area contributed by atoms with Crippen molar-refractivity contribution in [1.29, 1.82) is 0 Å². The first kappa shape index (κ1) is 14.7. The molecular weight excluding hydrogens is 280 g/mol. The summed E-state index contributed by atoms with van der Waals surface area (Å²) < 4.78 is 2.95. The first-order valence-corrected chi connectivity index (χ1v) is 7.27. The molecular formula is C13H23BrN2O. The van der Waals surface area contributed by atoms with Gasteiger partial charge in [0.15, 0.2) is 0 Å². The molecule has 0 amide bonds. The summed E-state index contributed by atoms with van der Waals surface area (Å²) in [5.74, 6) is 0. The number of halogens is 1. The number of aryl methyl sites for hydroxylation is 2. The first-order chi connectivity index (χ1) is 8.10. The summed E-state index contributed by atoms with van der Waals surface area (Å²) in [7, 11) is 1.94. The molecule has 4 heteroatoms. The molecule has 0 fully saturated rings. The fourth-order valence-corrected chi connectivity index (χ4v) is 2.77. The fraction of sp³-hybridized carbons (Fsp3) is 0.769. The highest BCUT2D eigenvalue weighted by atomic mass is 79.9. The Morgan fingerprint density at radius 3 is 2.59 bits per heavy atom. The molecule has 3 nitrogen and oxygen atoms in total. The van der Waals surface area contributed by atoms with Crippen LogP contribution in [0.3, 0.4) is 0 Å². The zero-order valence-corrected chi connectivity index (χ0v) is 12.6. The van der Waals surface area contributed by atoms with Crippen molar-refractivity contribution >= 4 is 15.9 Å². The number of aromatic nitrogens is 2. The molecule has 1 rings (SSSR count). The van der Waals surface area contributed by atoms with Crippen LogP contribution in [0.4, 0.5) is 0 Å². The number of nitrogens with zero attached hydrogens (tertiary/aromatic N) is 2. The van der Waals surface area contributed by atoms with Crippen LogP contribution in [0.25, 0.3) is 0 Å². The number of hydrogen-bond donors (Lipinski definition) is 1. The van der Waals surface area contributed by atoms with E-state index in [4.69, 9.17) is 0 Å². The maximum atomic E-state index is 10.00. The highest BCUT2D eigenvalue weighted by Gasteiger charge is 2.15. The average molecular weight is 303 g/mol. The minimum Gasteiger partial charge on any atom is -0.393 e. The fourth-order valence-electron chi connectivity index (χ4n) is 2.00. The van der Waals surface area contributed by atoms with E-state index in [0.717, 1.165) is 35.1 Å². The van der Waals surface area contributed by atoms with Gasteiger partial charge in [-0.1, -0.05) is 33.1 Å². The Hall–Kier alpha value is -0.350. The van der Waals surface area contributed by atoms with Gasteiger partial charge in [-0.2, -0.15) is 5.10 Å². The Labute approximate surface area is 112 Å². The van der Waals surface area contributed by atoms with Gasteiger partial charge in [0.25, 0.3) is 0 Å². The van der Waals surface area contributed by atoms with Gasteiger partial charge in [0.05, 0.1) is 22.0 Å². The zero-order chi connectivity index (χ0) is 12.8. The normalized spacial score (nSPS) is 13.0. The summed E-state index contributed by atoms with van der Waals surface area (Å²) in [6, 6.07) is 0. The van der Waals surface area contributed by atoms with Gasteiger partial charge in [-0.3, -0.25) is 4.68 Å². The van der Waals surface area contributed by atoms with E-state index in [0.29, 0.717) is 6.42 Å². The summed E-state index contributed by atoms with van der Waals surface area (Å²) in [5.41, 5.74) is 2.18. The highest BCUT2D eigenvalue weighted by molar-refractivity contribution is 9.10. The quantitative estimate of drug-likeness (QED) is 0.785. The van der Waals surface area contributed by atoms with Crippen LogP contribution in [0.1, 0.15) is 50.9 Å². The third-order valence-electron chi connectivity index (χ3n) is 3.07. The zero-order valence-electron chi connectivity index (χ0n) is 11.0. The monoisotopic (exact) mass is 302 g/mol. The van der Waals surface area contributed by atoms with Gasteiger partial charge in [-0.05, 0) is 28.8 Å². The van der Waals surface area contributed by atoms with Crippen molar-refractivity contribution in [3.05, 3.63) is 15.9 Å². The van der Waals surface area contributed by atoms with Crippen LogP contribution >= 0.6 is 15.9 Å². The average Bonchev–Trinajstić information content (AvgIpc) is 2.57. The third-order valence-corrected chi connectivity index (χ3v) is 3.99. The molecule has 1 unspecified atom stereocenters. The van der Waals surface area contributed by atoms with E-state index < -0.39 is 0 Å². The molecule has 0 saturated heterocycles. The van der Waals surface area contributed by atoms with Crippen LogP contribution < -0.4 is 0 Å². The van der Waals surface area contributed by atoms with Crippen molar-refractivity contribution in [2.24, 2.45) is 7.05 Å². The second-order valence-electron chi connectivity index (χ2n) is 4.54. The molecule has 1 aromatic rings. The van der Waals surface area contributed by atoms with Crippen LogP contribution in [0.15, 0.2) is 4.47 Å². The molecule has 98 valence electrons. The summed E-state index contributed by atoms with van der Waals surface area (Å²) in [5, 5.41) is 14.4. The lowest BCUT2D eigenvalue weighted by atomic mass is 10.1. The highest BCUT2D eigenvalue weighted by Crippen LogP contribution is 2.23. The van der Waals surface area contributed by atoms with Crippen LogP contribution in [0, 0.1) is 0 Å². The van der Waals surface area contributed by atoms with Crippen LogP contribution in [0.2, 0.25) is 0 Å². The molecule has 1 heterocycles. The summed E-state index contributed by atoms with van der Waals surface area (Å²) in [4.78, 5) is 0. The largest absolute Gasteiger partial charge is 0.393 e. The van der Waals surface area contributed by atoms with E-state index in [-0.39, 0.29) is 6.10 Å². The number of unbranched alkanes of at least 4 members (excludes halogenated alkanes) is 2. The predicted octanol–water partition coefficient (Wildman–Crippen LogP) is 3.23. The van der Waals surface area contributed by atoms with E-state index in [1.54, 1.807) is 0 Å². The van der Waals surface area contributed by atoms with Crippen molar-refractivity contribution in [3.63, 3.8) is 0 Å². The van der Waals surface area contributed by atoms with Crippen LogP contribution in [0.5, 0.6) is 0 Å². The lowest BCUT2D eigenvalue weighted by molar-refractivity contribution is 0.158. The minimum absolute atomic E-state index is 0.252. The van der Waals surface area contributed by atoms with Gasteiger partial charge in [0.2, 0.25) is 0 Å². The Balaban J connectivity index is 2.58. The number of aliphatic hydroxyl groups excluding tert-OH is 1. The summed E-state index contributed by atoms with van der Waals surface area (Å²) in [6.45, 7) is 4.27. The predicted molar refractivity (Wildman–Crippen MR) is 74.1 cm³/mol. The number of rotatable bonds is 7. The topological polar surface area (TPSA) is 38.1 Å². The Morgan fingerprint density at radius 2 is 2.06 bits per heavy atom. The standard InChI is InChI=1S/C13H23BrN2O/c1-4-6-7-8-10(17)9-12-13(14)11(5-2)15-16(12)3/h10,17H,4-9H2,1-3H3. The Morgan fingerprint density at radius 1 is 1.35 bits per heavy atom. The lowest BCUT2D eigenvalue weighted by Crippen LogP contribution is -2.13. The van der Waals surface area contributed by atoms with Crippen molar-refractivity contribution in [1.82, 2.24) is 9.78 Å². The van der Waals surface area contributed by atoms with Gasteiger partial charge in [0.1, 0.15) is 0 Å². The Kier molecular flexibility index (Phi) is 6.20. The SMILES string of the molecule is CCCCCC(O)Cc1c(Br)c(CC)nn1C. The molecule has 0 spiro atoms. The molecule has 0 saturated carbocycles. The lowest BCUT2D eigenvalue weighted by Gasteiger charge is -2.10. The maximum absolute atomic E-state index is 10.00. The summed E-state index contributed by atoms with van der Waals surface area (Å²) in [6.07, 6.45) is 5.73. The Bertz CT molecular complexity index is 349. The molecule has 0 aliphatic rings. The molecule has 1 N–H and O–H groups in total. The smallest absolute Gasteiger partial charge is 0.0766 e. The second kappa shape index (κ2) is 7.17. The van der Waals surface area contributed by atoms with Gasteiger partial charge < -0.3 is 5.11 Å². The van der Waals surface area contributed by atoms with Gasteiger partial charge in [-0.25, -0.2) is 0 Å². The third kappa shape index (κ3) is 4.11. The minimum atomic E-state index is -0.252. The van der Waals surface area contributed by atoms with Crippen LogP contribution in [-0.4, -0.2) is 21.0 Å². The molecule has 1 aromatic heterocycles. The molecule has 0 radical (unpaired) electrons. The van der Waals surface area contributed by atoms with Gasteiger partial charge in [0, 0.05) is 13.5 Å². The van der Waals surface area contributed by atoms with Crippen molar-refractivity contribution in [3.8, 4) is 0 Å².